The molecule has 19 heavy (non-hydrogen) atoms. The van der Waals surface area contributed by atoms with Crippen LogP contribution in [0, 0.1) is 0 Å². The molecule has 0 aromatic heterocycles. The number of alkyl carbamates (subject to hydrolysis) is 1. The summed E-state index contributed by atoms with van der Waals surface area (Å²) >= 11 is 0. The van der Waals surface area contributed by atoms with E-state index in [4.69, 9.17) is 4.74 Å². The molecule has 0 aliphatic heterocycles. The van der Waals surface area contributed by atoms with Crippen molar-refractivity contribution in [3.8, 4) is 0 Å². The number of nitrogens with one attached hydrogen (secondary N) is 2. The van der Waals surface area contributed by atoms with Crippen LogP contribution in [0.4, 0.5) is 4.79 Å². The van der Waals surface area contributed by atoms with Gasteiger partial charge in [-0.15, -0.1) is 0 Å². The van der Waals surface area contributed by atoms with Crippen LogP contribution in [-0.4, -0.2) is 31.7 Å². The molecular formula is C14H18N2O3. The van der Waals surface area contributed by atoms with Crippen LogP contribution in [0.1, 0.15) is 12.5 Å². The van der Waals surface area contributed by atoms with Gasteiger partial charge in [0.2, 0.25) is 5.91 Å². The Labute approximate surface area is 112 Å². The van der Waals surface area contributed by atoms with Crippen molar-refractivity contribution < 1.29 is 14.3 Å². The predicted molar refractivity (Wildman–Crippen MR) is 73.5 cm³/mol. The minimum atomic E-state index is -0.475. The van der Waals surface area contributed by atoms with E-state index >= 15 is 0 Å². The Kier molecular flexibility index (Phi) is 6.79. The molecule has 0 saturated heterocycles. The highest BCUT2D eigenvalue weighted by Crippen LogP contribution is 2.00. The normalized spacial score (nSPS) is 10.2. The Bertz CT molecular complexity index is 430. The van der Waals surface area contributed by atoms with Crippen molar-refractivity contribution in [2.75, 3.05) is 19.7 Å². The zero-order valence-corrected chi connectivity index (χ0v) is 10.9. The Balaban J connectivity index is 2.18. The lowest BCUT2D eigenvalue weighted by atomic mass is 10.2. The predicted octanol–water partition coefficient (Wildman–Crippen LogP) is 1.56. The van der Waals surface area contributed by atoms with E-state index in [0.717, 1.165) is 5.56 Å². The molecule has 2 amide bonds. The molecule has 0 unspecified atom stereocenters. The Morgan fingerprint density at radius 2 is 1.95 bits per heavy atom. The second-order valence-corrected chi connectivity index (χ2v) is 3.70. The van der Waals surface area contributed by atoms with Gasteiger partial charge in [-0.1, -0.05) is 30.3 Å². The molecule has 5 nitrogen and oxygen atoms in total. The van der Waals surface area contributed by atoms with Gasteiger partial charge in [0.15, 0.2) is 0 Å². The van der Waals surface area contributed by atoms with Gasteiger partial charge in [0, 0.05) is 12.6 Å². The molecule has 0 aliphatic carbocycles. The van der Waals surface area contributed by atoms with E-state index in [9.17, 15) is 9.59 Å². The highest BCUT2D eigenvalue weighted by atomic mass is 16.5. The number of carbonyl (C=O) groups is 2. The standard InChI is InChI=1S/C14H18N2O3/c1-2-15-14(18)19-11-10-16-13(17)9-8-12-6-4-3-5-7-12/h3-9H,2,10-11H2,1H3,(H,15,18)(H,16,17). The number of rotatable bonds is 6. The Morgan fingerprint density at radius 3 is 2.63 bits per heavy atom. The summed E-state index contributed by atoms with van der Waals surface area (Å²) in [4.78, 5) is 22.4. The van der Waals surface area contributed by atoms with Crippen LogP contribution in [0.25, 0.3) is 6.08 Å². The summed E-state index contributed by atoms with van der Waals surface area (Å²) in [6, 6.07) is 9.52. The fourth-order valence-corrected chi connectivity index (χ4v) is 1.31. The van der Waals surface area contributed by atoms with Gasteiger partial charge in [0.05, 0.1) is 6.54 Å². The van der Waals surface area contributed by atoms with E-state index in [-0.39, 0.29) is 19.1 Å². The quantitative estimate of drug-likeness (QED) is 0.604. The molecule has 0 spiro atoms. The van der Waals surface area contributed by atoms with E-state index in [1.54, 1.807) is 13.0 Å². The topological polar surface area (TPSA) is 67.4 Å². The van der Waals surface area contributed by atoms with Crippen LogP contribution in [0.15, 0.2) is 36.4 Å². The van der Waals surface area contributed by atoms with Crippen molar-refractivity contribution in [2.24, 2.45) is 0 Å². The molecule has 0 radical (unpaired) electrons. The van der Waals surface area contributed by atoms with Crippen LogP contribution in [0.2, 0.25) is 0 Å². The summed E-state index contributed by atoms with van der Waals surface area (Å²) in [5.41, 5.74) is 0.955. The highest BCUT2D eigenvalue weighted by molar-refractivity contribution is 5.91. The van der Waals surface area contributed by atoms with E-state index in [0.29, 0.717) is 6.54 Å². The van der Waals surface area contributed by atoms with Crippen molar-refractivity contribution in [1.82, 2.24) is 10.6 Å². The van der Waals surface area contributed by atoms with Gasteiger partial charge in [-0.2, -0.15) is 0 Å². The van der Waals surface area contributed by atoms with E-state index in [1.807, 2.05) is 30.3 Å². The van der Waals surface area contributed by atoms with Crippen molar-refractivity contribution >= 4 is 18.1 Å². The van der Waals surface area contributed by atoms with Gasteiger partial charge in [0.25, 0.3) is 0 Å². The number of hydrogen-bond acceptors (Lipinski definition) is 3. The molecule has 0 aliphatic rings. The summed E-state index contributed by atoms with van der Waals surface area (Å²) in [5.74, 6) is -0.219. The van der Waals surface area contributed by atoms with Gasteiger partial charge in [-0.3, -0.25) is 4.79 Å². The first-order chi connectivity index (χ1) is 9.22. The zero-order chi connectivity index (χ0) is 13.9. The molecule has 0 bridgehead atoms. The molecule has 2 N–H and O–H groups in total. The molecule has 0 heterocycles. The molecule has 1 aromatic rings. The Morgan fingerprint density at radius 1 is 1.21 bits per heavy atom. The van der Waals surface area contributed by atoms with E-state index in [1.165, 1.54) is 6.08 Å². The molecule has 1 rings (SSSR count). The first kappa shape index (κ1) is 14.8. The average Bonchev–Trinajstić information content (AvgIpc) is 2.43. The lowest BCUT2D eigenvalue weighted by molar-refractivity contribution is -0.116. The molecule has 1 aromatic carbocycles. The van der Waals surface area contributed by atoms with Crippen molar-refractivity contribution in [1.29, 1.82) is 0 Å². The second kappa shape index (κ2) is 8.74. The van der Waals surface area contributed by atoms with Gasteiger partial charge in [0.1, 0.15) is 6.61 Å². The van der Waals surface area contributed by atoms with Crippen LogP contribution < -0.4 is 10.6 Å². The SMILES string of the molecule is CCNC(=O)OCCNC(=O)C=Cc1ccccc1. The molecule has 102 valence electrons. The fraction of sp³-hybridized carbons (Fsp3) is 0.286. The summed E-state index contributed by atoms with van der Waals surface area (Å²) in [6.07, 6.45) is 2.69. The largest absolute Gasteiger partial charge is 0.448 e. The van der Waals surface area contributed by atoms with Gasteiger partial charge >= 0.3 is 6.09 Å². The van der Waals surface area contributed by atoms with E-state index < -0.39 is 6.09 Å². The second-order valence-electron chi connectivity index (χ2n) is 3.70. The van der Waals surface area contributed by atoms with Crippen molar-refractivity contribution in [3.63, 3.8) is 0 Å². The monoisotopic (exact) mass is 262 g/mol. The Hall–Kier alpha value is -2.30. The lowest BCUT2D eigenvalue weighted by Crippen LogP contribution is -2.30. The van der Waals surface area contributed by atoms with Crippen molar-refractivity contribution in [3.05, 3.63) is 42.0 Å². The number of amides is 2. The van der Waals surface area contributed by atoms with Crippen LogP contribution in [0.3, 0.4) is 0 Å². The van der Waals surface area contributed by atoms with E-state index in [2.05, 4.69) is 10.6 Å². The third-order valence-electron chi connectivity index (χ3n) is 2.18. The minimum absolute atomic E-state index is 0.150. The maximum atomic E-state index is 11.4. The molecule has 0 atom stereocenters. The summed E-state index contributed by atoms with van der Waals surface area (Å²) in [5, 5.41) is 5.11. The highest BCUT2D eigenvalue weighted by Gasteiger charge is 1.99. The molecule has 0 saturated carbocycles. The maximum absolute atomic E-state index is 11.4. The average molecular weight is 262 g/mol. The first-order valence-electron chi connectivity index (χ1n) is 6.14. The lowest BCUT2D eigenvalue weighted by Gasteiger charge is -2.05. The minimum Gasteiger partial charge on any atom is -0.448 e. The van der Waals surface area contributed by atoms with Gasteiger partial charge in [-0.25, -0.2) is 4.79 Å². The third-order valence-corrected chi connectivity index (χ3v) is 2.18. The maximum Gasteiger partial charge on any atom is 0.407 e. The van der Waals surface area contributed by atoms with Crippen LogP contribution in [0.5, 0.6) is 0 Å². The van der Waals surface area contributed by atoms with Crippen LogP contribution >= 0.6 is 0 Å². The van der Waals surface area contributed by atoms with Gasteiger partial charge in [-0.05, 0) is 18.6 Å². The molecule has 5 heteroatoms. The molecular weight excluding hydrogens is 244 g/mol. The van der Waals surface area contributed by atoms with Gasteiger partial charge < -0.3 is 15.4 Å². The van der Waals surface area contributed by atoms with Crippen LogP contribution in [-0.2, 0) is 9.53 Å². The first-order valence-corrected chi connectivity index (χ1v) is 6.14. The summed E-state index contributed by atoms with van der Waals surface area (Å²) in [6.45, 7) is 2.76. The van der Waals surface area contributed by atoms with Crippen molar-refractivity contribution in [2.45, 2.75) is 6.92 Å². The number of carbonyl (C=O) groups excluding carboxylic acids is 2. The smallest absolute Gasteiger partial charge is 0.407 e. The zero-order valence-electron chi connectivity index (χ0n) is 10.9. The molecule has 0 fully saturated rings. The number of benzene rings is 1. The third kappa shape index (κ3) is 6.88. The number of hydrogen-bond donors (Lipinski definition) is 2. The number of ether oxygens (including phenoxy) is 1. The summed E-state index contributed by atoms with van der Waals surface area (Å²) in [7, 11) is 0. The summed E-state index contributed by atoms with van der Waals surface area (Å²) < 4.78 is 4.81. The fourth-order valence-electron chi connectivity index (χ4n) is 1.31.